The van der Waals surface area contributed by atoms with E-state index >= 15 is 0 Å². The zero-order valence-corrected chi connectivity index (χ0v) is 14.8. The van der Waals surface area contributed by atoms with Gasteiger partial charge in [0, 0.05) is 5.39 Å². The van der Waals surface area contributed by atoms with Crippen molar-refractivity contribution in [1.29, 1.82) is 0 Å². The molecule has 128 valence electrons. The van der Waals surface area contributed by atoms with Gasteiger partial charge in [0.1, 0.15) is 5.75 Å². The van der Waals surface area contributed by atoms with Crippen LogP contribution in [0.3, 0.4) is 0 Å². The van der Waals surface area contributed by atoms with Gasteiger partial charge in [0.15, 0.2) is 0 Å². The normalized spacial score (nSPS) is 11.1. The van der Waals surface area contributed by atoms with E-state index in [2.05, 4.69) is 72.8 Å². The average Bonchev–Trinajstić information content (AvgIpc) is 2.73. The van der Waals surface area contributed by atoms with Crippen LogP contribution in [0.15, 0.2) is 103 Å². The highest BCUT2D eigenvalue weighted by Crippen LogP contribution is 2.34. The summed E-state index contributed by atoms with van der Waals surface area (Å²) < 4.78 is 0. The molecule has 5 aromatic rings. The lowest BCUT2D eigenvalue weighted by Gasteiger charge is -2.10. The van der Waals surface area contributed by atoms with Crippen LogP contribution in [-0.4, -0.2) is 5.11 Å². The molecule has 0 spiro atoms. The average molecular weight is 346 g/mol. The molecule has 0 saturated heterocycles. The van der Waals surface area contributed by atoms with Crippen molar-refractivity contribution >= 4 is 21.5 Å². The van der Waals surface area contributed by atoms with Crippen LogP contribution in [0.25, 0.3) is 43.8 Å². The SMILES string of the molecule is Oc1cc(-c2ccc(-c3cccc4ccccc34)cc2)cc2ccccc12. The fourth-order valence-corrected chi connectivity index (χ4v) is 3.78. The number of hydrogen-bond donors (Lipinski definition) is 1. The summed E-state index contributed by atoms with van der Waals surface area (Å²) in [5, 5.41) is 14.8. The van der Waals surface area contributed by atoms with E-state index in [9.17, 15) is 5.11 Å². The van der Waals surface area contributed by atoms with E-state index in [1.165, 1.54) is 21.9 Å². The molecule has 0 bridgehead atoms. The fourth-order valence-electron chi connectivity index (χ4n) is 3.78. The first-order chi connectivity index (χ1) is 13.3. The molecule has 0 fully saturated rings. The number of rotatable bonds is 2. The Morgan fingerprint density at radius 2 is 1.07 bits per heavy atom. The lowest BCUT2D eigenvalue weighted by Crippen LogP contribution is -1.83. The smallest absolute Gasteiger partial charge is 0.124 e. The molecular formula is C26H18O. The van der Waals surface area contributed by atoms with Crippen LogP contribution in [0.2, 0.25) is 0 Å². The van der Waals surface area contributed by atoms with Gasteiger partial charge in [0.25, 0.3) is 0 Å². The van der Waals surface area contributed by atoms with Crippen molar-refractivity contribution < 1.29 is 5.11 Å². The third kappa shape index (κ3) is 2.74. The molecule has 0 aliphatic heterocycles. The van der Waals surface area contributed by atoms with Gasteiger partial charge in [-0.05, 0) is 50.5 Å². The van der Waals surface area contributed by atoms with Crippen LogP contribution in [0.1, 0.15) is 0 Å². The van der Waals surface area contributed by atoms with Gasteiger partial charge in [-0.15, -0.1) is 0 Å². The Morgan fingerprint density at radius 1 is 0.444 bits per heavy atom. The molecule has 27 heavy (non-hydrogen) atoms. The van der Waals surface area contributed by atoms with E-state index in [1.807, 2.05) is 30.3 Å². The Balaban J connectivity index is 1.59. The molecular weight excluding hydrogens is 328 g/mol. The maximum atomic E-state index is 10.4. The number of phenolic OH excluding ortho intramolecular Hbond substituents is 1. The first kappa shape index (κ1) is 15.7. The van der Waals surface area contributed by atoms with Crippen molar-refractivity contribution in [3.8, 4) is 28.0 Å². The molecule has 5 aromatic carbocycles. The van der Waals surface area contributed by atoms with E-state index < -0.39 is 0 Å². The minimum absolute atomic E-state index is 0.321. The Labute approximate surface area is 158 Å². The van der Waals surface area contributed by atoms with Crippen molar-refractivity contribution in [3.05, 3.63) is 103 Å². The summed E-state index contributed by atoms with van der Waals surface area (Å²) in [7, 11) is 0. The summed E-state index contributed by atoms with van der Waals surface area (Å²) in [4.78, 5) is 0. The third-order valence-electron chi connectivity index (χ3n) is 5.16. The molecule has 0 aliphatic rings. The molecule has 0 heterocycles. The second-order valence-electron chi connectivity index (χ2n) is 6.82. The van der Waals surface area contributed by atoms with Gasteiger partial charge >= 0.3 is 0 Å². The highest BCUT2D eigenvalue weighted by Gasteiger charge is 2.07. The van der Waals surface area contributed by atoms with E-state index in [4.69, 9.17) is 0 Å². The second kappa shape index (κ2) is 6.30. The predicted molar refractivity (Wildman–Crippen MR) is 114 cm³/mol. The van der Waals surface area contributed by atoms with Crippen molar-refractivity contribution in [2.75, 3.05) is 0 Å². The minimum Gasteiger partial charge on any atom is -0.507 e. The lowest BCUT2D eigenvalue weighted by atomic mass is 9.95. The molecule has 0 atom stereocenters. The van der Waals surface area contributed by atoms with E-state index in [0.717, 1.165) is 21.9 Å². The van der Waals surface area contributed by atoms with Crippen molar-refractivity contribution in [1.82, 2.24) is 0 Å². The van der Waals surface area contributed by atoms with Crippen LogP contribution in [-0.2, 0) is 0 Å². The Hall–Kier alpha value is -3.58. The first-order valence-electron chi connectivity index (χ1n) is 9.10. The minimum atomic E-state index is 0.321. The molecule has 0 saturated carbocycles. The van der Waals surface area contributed by atoms with Crippen molar-refractivity contribution in [3.63, 3.8) is 0 Å². The zero-order valence-electron chi connectivity index (χ0n) is 14.8. The number of phenols is 1. The number of fused-ring (bicyclic) bond motifs is 2. The highest BCUT2D eigenvalue weighted by atomic mass is 16.3. The van der Waals surface area contributed by atoms with E-state index in [1.54, 1.807) is 0 Å². The molecule has 1 heteroatoms. The van der Waals surface area contributed by atoms with Crippen molar-refractivity contribution in [2.24, 2.45) is 0 Å². The maximum Gasteiger partial charge on any atom is 0.124 e. The maximum absolute atomic E-state index is 10.4. The predicted octanol–water partition coefficient (Wildman–Crippen LogP) is 7.03. The van der Waals surface area contributed by atoms with Gasteiger partial charge in [-0.1, -0.05) is 91.0 Å². The Morgan fingerprint density at radius 3 is 1.89 bits per heavy atom. The van der Waals surface area contributed by atoms with Gasteiger partial charge in [-0.3, -0.25) is 0 Å². The number of aromatic hydroxyl groups is 1. The molecule has 0 unspecified atom stereocenters. The molecule has 5 rings (SSSR count). The van der Waals surface area contributed by atoms with Crippen molar-refractivity contribution in [2.45, 2.75) is 0 Å². The summed E-state index contributed by atoms with van der Waals surface area (Å²) in [6, 6.07) is 35.3. The van der Waals surface area contributed by atoms with Crippen LogP contribution in [0, 0.1) is 0 Å². The summed E-state index contributed by atoms with van der Waals surface area (Å²) in [6.45, 7) is 0. The van der Waals surface area contributed by atoms with Gasteiger partial charge in [0.2, 0.25) is 0 Å². The molecule has 0 radical (unpaired) electrons. The van der Waals surface area contributed by atoms with Gasteiger partial charge < -0.3 is 5.11 Å². The Kier molecular flexibility index (Phi) is 3.65. The van der Waals surface area contributed by atoms with Crippen LogP contribution < -0.4 is 0 Å². The summed E-state index contributed by atoms with van der Waals surface area (Å²) >= 11 is 0. The number of benzene rings is 5. The summed E-state index contributed by atoms with van der Waals surface area (Å²) in [6.07, 6.45) is 0. The first-order valence-corrected chi connectivity index (χ1v) is 9.10. The van der Waals surface area contributed by atoms with Crippen LogP contribution in [0.4, 0.5) is 0 Å². The topological polar surface area (TPSA) is 20.2 Å². The molecule has 0 aliphatic carbocycles. The quantitative estimate of drug-likeness (QED) is 0.364. The highest BCUT2D eigenvalue weighted by molar-refractivity contribution is 5.97. The largest absolute Gasteiger partial charge is 0.507 e. The standard InChI is InChI=1S/C26H18O/c27-26-17-22(16-21-7-2-4-10-25(21)26)18-12-14-20(15-13-18)24-11-5-8-19-6-1-3-9-23(19)24/h1-17,27H. The summed E-state index contributed by atoms with van der Waals surface area (Å²) in [5.74, 6) is 0.321. The van der Waals surface area contributed by atoms with Gasteiger partial charge in [-0.25, -0.2) is 0 Å². The summed E-state index contributed by atoms with van der Waals surface area (Å²) in [5.41, 5.74) is 4.55. The van der Waals surface area contributed by atoms with E-state index in [-0.39, 0.29) is 0 Å². The number of hydrogen-bond acceptors (Lipinski definition) is 1. The second-order valence-corrected chi connectivity index (χ2v) is 6.82. The lowest BCUT2D eigenvalue weighted by molar-refractivity contribution is 0.482. The molecule has 0 amide bonds. The molecule has 1 N–H and O–H groups in total. The Bertz CT molecular complexity index is 1260. The molecule has 1 nitrogen and oxygen atoms in total. The van der Waals surface area contributed by atoms with Crippen LogP contribution in [0.5, 0.6) is 5.75 Å². The monoisotopic (exact) mass is 346 g/mol. The third-order valence-corrected chi connectivity index (χ3v) is 5.16. The van der Waals surface area contributed by atoms with Gasteiger partial charge in [-0.2, -0.15) is 0 Å². The fraction of sp³-hybridized carbons (Fsp3) is 0. The molecule has 0 aromatic heterocycles. The van der Waals surface area contributed by atoms with Crippen LogP contribution >= 0.6 is 0 Å². The van der Waals surface area contributed by atoms with E-state index in [0.29, 0.717) is 5.75 Å². The van der Waals surface area contributed by atoms with Gasteiger partial charge in [0.05, 0.1) is 0 Å². The zero-order chi connectivity index (χ0) is 18.2.